The number of nitrogens with zero attached hydrogens (tertiary/aromatic N) is 1. The highest BCUT2D eigenvalue weighted by atomic mass is 16.5. The summed E-state index contributed by atoms with van der Waals surface area (Å²) in [6.45, 7) is 3.84. The third-order valence-electron chi connectivity index (χ3n) is 3.58. The summed E-state index contributed by atoms with van der Waals surface area (Å²) in [6.07, 6.45) is 3.30. The van der Waals surface area contributed by atoms with Crippen molar-refractivity contribution in [2.75, 3.05) is 26.3 Å². The zero-order valence-electron chi connectivity index (χ0n) is 12.5. The third-order valence-corrected chi connectivity index (χ3v) is 3.58. The Morgan fingerprint density at radius 1 is 1.24 bits per heavy atom. The van der Waals surface area contributed by atoms with E-state index >= 15 is 0 Å². The molecule has 2 rings (SSSR count). The predicted octanol–water partition coefficient (Wildman–Crippen LogP) is 1.97. The van der Waals surface area contributed by atoms with E-state index in [1.165, 1.54) is 6.42 Å². The molecule has 0 spiro atoms. The first-order chi connectivity index (χ1) is 10.3. The zero-order valence-corrected chi connectivity index (χ0v) is 12.5. The number of piperidine rings is 1. The Morgan fingerprint density at radius 3 is 2.67 bits per heavy atom. The minimum absolute atomic E-state index is 0.00936. The van der Waals surface area contributed by atoms with Gasteiger partial charge in [0.05, 0.1) is 13.2 Å². The van der Waals surface area contributed by atoms with Crippen molar-refractivity contribution in [1.82, 2.24) is 4.90 Å². The molecule has 0 radical (unpaired) electrons. The maximum atomic E-state index is 12.1. The Balaban J connectivity index is 2.02. The summed E-state index contributed by atoms with van der Waals surface area (Å²) in [5, 5.41) is 9.39. The number of carbonyl (C=O) groups excluding carboxylic acids is 1. The van der Waals surface area contributed by atoms with Crippen LogP contribution in [0.2, 0.25) is 0 Å². The summed E-state index contributed by atoms with van der Waals surface area (Å²) in [4.78, 5) is 14.0. The van der Waals surface area contributed by atoms with Crippen LogP contribution in [0, 0.1) is 0 Å². The van der Waals surface area contributed by atoms with Gasteiger partial charge in [0, 0.05) is 18.7 Å². The molecule has 0 aliphatic carbocycles. The Labute approximate surface area is 125 Å². The van der Waals surface area contributed by atoms with Crippen molar-refractivity contribution in [2.24, 2.45) is 0 Å². The molecule has 1 N–H and O–H groups in total. The number of aliphatic hydroxyl groups excluding tert-OH is 1. The molecule has 0 saturated carbocycles. The van der Waals surface area contributed by atoms with Gasteiger partial charge in [0.1, 0.15) is 0 Å². The van der Waals surface area contributed by atoms with E-state index in [0.29, 0.717) is 23.7 Å². The lowest BCUT2D eigenvalue weighted by molar-refractivity contribution is -0.134. The van der Waals surface area contributed by atoms with Gasteiger partial charge in [-0.15, -0.1) is 0 Å². The summed E-state index contributed by atoms with van der Waals surface area (Å²) < 4.78 is 11.1. The minimum atomic E-state index is -0.145. The summed E-state index contributed by atoms with van der Waals surface area (Å²) in [5.41, 5.74) is 0.632. The van der Waals surface area contributed by atoms with Crippen LogP contribution in [0.15, 0.2) is 18.2 Å². The van der Waals surface area contributed by atoms with Gasteiger partial charge in [-0.25, -0.2) is 0 Å². The maximum Gasteiger partial charge on any atom is 0.260 e. The quantitative estimate of drug-likeness (QED) is 0.871. The summed E-state index contributed by atoms with van der Waals surface area (Å²) in [5.74, 6) is 1.02. The topological polar surface area (TPSA) is 59.0 Å². The number of aliphatic hydroxyl groups is 1. The van der Waals surface area contributed by atoms with Crippen LogP contribution in [-0.2, 0) is 11.4 Å². The van der Waals surface area contributed by atoms with Crippen molar-refractivity contribution in [3.05, 3.63) is 23.8 Å². The second-order valence-electron chi connectivity index (χ2n) is 5.07. The van der Waals surface area contributed by atoms with Crippen molar-refractivity contribution in [3.63, 3.8) is 0 Å². The molecule has 1 aromatic carbocycles. The van der Waals surface area contributed by atoms with E-state index in [0.717, 1.165) is 25.9 Å². The predicted molar refractivity (Wildman–Crippen MR) is 79.5 cm³/mol. The van der Waals surface area contributed by atoms with E-state index in [1.807, 2.05) is 11.8 Å². The van der Waals surface area contributed by atoms with Crippen molar-refractivity contribution >= 4 is 5.91 Å². The zero-order chi connectivity index (χ0) is 15.1. The highest BCUT2D eigenvalue weighted by Gasteiger charge is 2.18. The summed E-state index contributed by atoms with van der Waals surface area (Å²) in [7, 11) is 0. The van der Waals surface area contributed by atoms with Gasteiger partial charge >= 0.3 is 0 Å². The van der Waals surface area contributed by atoms with Gasteiger partial charge in [-0.3, -0.25) is 4.79 Å². The lowest BCUT2D eigenvalue weighted by atomic mass is 10.1. The molecule has 1 aliphatic heterocycles. The van der Waals surface area contributed by atoms with Gasteiger partial charge in [-0.1, -0.05) is 12.1 Å². The molecule has 1 heterocycles. The third kappa shape index (κ3) is 4.11. The SMILES string of the molecule is CCOc1cccc(CO)c1OCC(=O)N1CCCCC1. The number of hydrogen-bond donors (Lipinski definition) is 1. The molecule has 1 fully saturated rings. The second-order valence-corrected chi connectivity index (χ2v) is 5.07. The highest BCUT2D eigenvalue weighted by Crippen LogP contribution is 2.31. The molecule has 1 aromatic rings. The molecule has 1 amide bonds. The Morgan fingerprint density at radius 2 is 2.00 bits per heavy atom. The Bertz CT molecular complexity index is 469. The number of likely N-dealkylation sites (tertiary alicyclic amines) is 1. The van der Waals surface area contributed by atoms with E-state index < -0.39 is 0 Å². The first-order valence-electron chi connectivity index (χ1n) is 7.52. The van der Waals surface area contributed by atoms with E-state index in [-0.39, 0.29) is 19.1 Å². The van der Waals surface area contributed by atoms with Crippen molar-refractivity contribution in [2.45, 2.75) is 32.8 Å². The number of amides is 1. The molecule has 0 unspecified atom stereocenters. The summed E-state index contributed by atoms with van der Waals surface area (Å²) >= 11 is 0. The van der Waals surface area contributed by atoms with Crippen LogP contribution >= 0.6 is 0 Å². The normalized spacial score (nSPS) is 14.9. The van der Waals surface area contributed by atoms with Crippen molar-refractivity contribution in [3.8, 4) is 11.5 Å². The van der Waals surface area contributed by atoms with Gasteiger partial charge in [0.15, 0.2) is 18.1 Å². The molecule has 5 nitrogen and oxygen atoms in total. The fraction of sp³-hybridized carbons (Fsp3) is 0.562. The van der Waals surface area contributed by atoms with E-state index in [9.17, 15) is 9.90 Å². The van der Waals surface area contributed by atoms with Gasteiger partial charge < -0.3 is 19.5 Å². The number of hydrogen-bond acceptors (Lipinski definition) is 4. The molecule has 5 heteroatoms. The fourth-order valence-electron chi connectivity index (χ4n) is 2.49. The van der Waals surface area contributed by atoms with Crippen molar-refractivity contribution < 1.29 is 19.4 Å². The number of ether oxygens (including phenoxy) is 2. The average molecular weight is 293 g/mol. The molecule has 21 heavy (non-hydrogen) atoms. The largest absolute Gasteiger partial charge is 0.490 e. The van der Waals surface area contributed by atoms with Gasteiger partial charge in [0.2, 0.25) is 0 Å². The Kier molecular flexibility index (Phi) is 5.87. The summed E-state index contributed by atoms with van der Waals surface area (Å²) in [6, 6.07) is 5.35. The lowest BCUT2D eigenvalue weighted by Gasteiger charge is -2.26. The Hall–Kier alpha value is -1.75. The van der Waals surface area contributed by atoms with Crippen LogP contribution < -0.4 is 9.47 Å². The monoisotopic (exact) mass is 293 g/mol. The van der Waals surface area contributed by atoms with E-state index in [4.69, 9.17) is 9.47 Å². The standard InChI is InChI=1S/C16H23NO4/c1-2-20-14-8-6-7-13(11-18)16(14)21-12-15(19)17-9-4-3-5-10-17/h6-8,18H,2-5,9-12H2,1H3. The average Bonchev–Trinajstić information content (AvgIpc) is 2.54. The van der Waals surface area contributed by atoms with Crippen LogP contribution in [0.4, 0.5) is 0 Å². The van der Waals surface area contributed by atoms with Crippen molar-refractivity contribution in [1.29, 1.82) is 0 Å². The smallest absolute Gasteiger partial charge is 0.260 e. The molecule has 116 valence electrons. The second kappa shape index (κ2) is 7.88. The maximum absolute atomic E-state index is 12.1. The molecule has 0 bridgehead atoms. The van der Waals surface area contributed by atoms with Crippen LogP contribution in [0.25, 0.3) is 0 Å². The minimum Gasteiger partial charge on any atom is -0.490 e. The molecule has 1 saturated heterocycles. The molecular formula is C16H23NO4. The number of para-hydroxylation sites is 1. The number of benzene rings is 1. The number of carbonyl (C=O) groups is 1. The van der Waals surface area contributed by atoms with Gasteiger partial charge in [-0.05, 0) is 32.3 Å². The number of rotatable bonds is 6. The van der Waals surface area contributed by atoms with Crippen LogP contribution in [0.3, 0.4) is 0 Å². The van der Waals surface area contributed by atoms with Crippen LogP contribution in [0.1, 0.15) is 31.7 Å². The first kappa shape index (κ1) is 15.6. The van der Waals surface area contributed by atoms with E-state index in [2.05, 4.69) is 0 Å². The molecule has 1 aliphatic rings. The van der Waals surface area contributed by atoms with E-state index in [1.54, 1.807) is 18.2 Å². The van der Waals surface area contributed by atoms with Crippen LogP contribution in [0.5, 0.6) is 11.5 Å². The molecular weight excluding hydrogens is 270 g/mol. The highest BCUT2D eigenvalue weighted by molar-refractivity contribution is 5.78. The fourth-order valence-corrected chi connectivity index (χ4v) is 2.49. The lowest BCUT2D eigenvalue weighted by Crippen LogP contribution is -2.38. The first-order valence-corrected chi connectivity index (χ1v) is 7.52. The van der Waals surface area contributed by atoms with Crippen LogP contribution in [-0.4, -0.2) is 42.2 Å². The van der Waals surface area contributed by atoms with Gasteiger partial charge in [-0.2, -0.15) is 0 Å². The molecule has 0 aromatic heterocycles. The molecule has 0 atom stereocenters. The van der Waals surface area contributed by atoms with Gasteiger partial charge in [0.25, 0.3) is 5.91 Å².